The first-order chi connectivity index (χ1) is 5.11. The van der Waals surface area contributed by atoms with E-state index in [4.69, 9.17) is 11.6 Å². The van der Waals surface area contributed by atoms with Crippen LogP contribution in [0, 0.1) is 0 Å². The summed E-state index contributed by atoms with van der Waals surface area (Å²) in [6.45, 7) is 2.00. The molecule has 0 saturated carbocycles. The maximum absolute atomic E-state index is 10.8. The fourth-order valence-electron chi connectivity index (χ4n) is 0.607. The minimum atomic E-state index is -0.560. The molecule has 0 radical (unpaired) electrons. The largest absolute Gasteiger partial charge is 0.368 e. The predicted octanol–water partition coefficient (Wildman–Crippen LogP) is -1.62. The molecule has 0 atom stereocenters. The van der Waals surface area contributed by atoms with Crippen LogP contribution in [-0.4, -0.2) is 29.9 Å². The van der Waals surface area contributed by atoms with Gasteiger partial charge in [-0.25, -0.2) is 10.6 Å². The number of carbonyl (C=O) groups excluding carboxylic acids is 2. The topological polar surface area (TPSA) is 101 Å². The predicted molar refractivity (Wildman–Crippen MR) is 39.2 cm³/mol. The lowest BCUT2D eigenvalue weighted by atomic mass is 10.5. The monoisotopic (exact) mass is 160 g/mol. The lowest BCUT2D eigenvalue weighted by molar-refractivity contribution is -0.118. The molecule has 0 aliphatic rings. The highest BCUT2D eigenvalue weighted by molar-refractivity contribution is 5.82. The van der Waals surface area contributed by atoms with E-state index in [0.717, 1.165) is 0 Å². The van der Waals surface area contributed by atoms with Gasteiger partial charge in [-0.2, -0.15) is 0 Å². The van der Waals surface area contributed by atoms with Crippen LogP contribution in [0.1, 0.15) is 6.92 Å². The van der Waals surface area contributed by atoms with Crippen molar-refractivity contribution in [2.45, 2.75) is 6.92 Å². The van der Waals surface area contributed by atoms with Gasteiger partial charge in [0.05, 0.1) is 0 Å². The highest BCUT2D eigenvalue weighted by Crippen LogP contribution is 1.85. The molecule has 0 saturated heterocycles. The molecular weight excluding hydrogens is 148 g/mol. The van der Waals surface area contributed by atoms with Crippen molar-refractivity contribution in [1.82, 2.24) is 10.3 Å². The Morgan fingerprint density at radius 1 is 1.55 bits per heavy atom. The molecule has 3 amide bonds. The van der Waals surface area contributed by atoms with E-state index >= 15 is 0 Å². The minimum Gasteiger partial charge on any atom is -0.368 e. The highest BCUT2D eigenvalue weighted by Gasteiger charge is 2.11. The fourth-order valence-corrected chi connectivity index (χ4v) is 0.607. The van der Waals surface area contributed by atoms with E-state index < -0.39 is 11.9 Å². The van der Waals surface area contributed by atoms with E-state index in [2.05, 4.69) is 0 Å². The zero-order valence-electron chi connectivity index (χ0n) is 6.33. The smallest absolute Gasteiger partial charge is 0.331 e. The van der Waals surface area contributed by atoms with Crippen molar-refractivity contribution in [3.8, 4) is 0 Å². The average Bonchev–Trinajstić information content (AvgIpc) is 1.98. The van der Waals surface area contributed by atoms with Crippen LogP contribution in [0.4, 0.5) is 4.79 Å². The standard InChI is InChI=1S/C5H12N4O2/c1-2-9(3-4(6)10)5(11)8-7/h2-3,7H2,1H3,(H2,6,10)(H,8,11). The van der Waals surface area contributed by atoms with Crippen LogP contribution in [0.3, 0.4) is 0 Å². The second-order valence-corrected chi connectivity index (χ2v) is 1.93. The van der Waals surface area contributed by atoms with Crippen LogP contribution >= 0.6 is 0 Å². The van der Waals surface area contributed by atoms with Crippen molar-refractivity contribution in [2.24, 2.45) is 11.6 Å². The minimum absolute atomic E-state index is 0.112. The second-order valence-electron chi connectivity index (χ2n) is 1.93. The van der Waals surface area contributed by atoms with E-state index in [0.29, 0.717) is 6.54 Å². The van der Waals surface area contributed by atoms with Crippen LogP contribution in [0.15, 0.2) is 0 Å². The van der Waals surface area contributed by atoms with Gasteiger partial charge in [0.1, 0.15) is 6.54 Å². The van der Waals surface area contributed by atoms with Crippen molar-refractivity contribution in [1.29, 1.82) is 0 Å². The molecule has 0 aliphatic heterocycles. The Bertz CT molecular complexity index is 159. The Hall–Kier alpha value is -1.30. The average molecular weight is 160 g/mol. The molecule has 0 aromatic heterocycles. The van der Waals surface area contributed by atoms with E-state index in [1.807, 2.05) is 5.43 Å². The molecular formula is C5H12N4O2. The Balaban J connectivity index is 3.94. The number of primary amides is 1. The fraction of sp³-hybridized carbons (Fsp3) is 0.600. The summed E-state index contributed by atoms with van der Waals surface area (Å²) in [7, 11) is 0. The van der Waals surface area contributed by atoms with Crippen molar-refractivity contribution in [2.75, 3.05) is 13.1 Å². The zero-order valence-corrected chi connectivity index (χ0v) is 6.33. The van der Waals surface area contributed by atoms with E-state index in [9.17, 15) is 9.59 Å². The number of amides is 3. The summed E-state index contributed by atoms with van der Waals surface area (Å²) in [5.74, 6) is 4.27. The van der Waals surface area contributed by atoms with Crippen LogP contribution in [0.2, 0.25) is 0 Å². The van der Waals surface area contributed by atoms with Crippen LogP contribution < -0.4 is 17.0 Å². The van der Waals surface area contributed by atoms with Gasteiger partial charge in [-0.15, -0.1) is 0 Å². The number of nitrogens with one attached hydrogen (secondary N) is 1. The van der Waals surface area contributed by atoms with Crippen molar-refractivity contribution >= 4 is 11.9 Å². The zero-order chi connectivity index (χ0) is 8.85. The van der Waals surface area contributed by atoms with Gasteiger partial charge in [0.2, 0.25) is 5.91 Å². The van der Waals surface area contributed by atoms with Gasteiger partial charge in [0, 0.05) is 6.54 Å². The van der Waals surface area contributed by atoms with Gasteiger partial charge in [0.15, 0.2) is 0 Å². The number of hydrogen-bond donors (Lipinski definition) is 3. The SMILES string of the molecule is CCN(CC(N)=O)C(=O)NN. The quantitative estimate of drug-likeness (QED) is 0.262. The molecule has 5 N–H and O–H groups in total. The molecule has 0 unspecified atom stereocenters. The third-order valence-electron chi connectivity index (χ3n) is 1.14. The molecule has 6 nitrogen and oxygen atoms in total. The number of nitrogens with two attached hydrogens (primary N) is 2. The molecule has 0 rings (SSSR count). The molecule has 0 heterocycles. The lowest BCUT2D eigenvalue weighted by Crippen LogP contribution is -2.46. The third-order valence-corrected chi connectivity index (χ3v) is 1.14. The van der Waals surface area contributed by atoms with Gasteiger partial charge in [0.25, 0.3) is 0 Å². The molecule has 11 heavy (non-hydrogen) atoms. The Kier molecular flexibility index (Phi) is 3.97. The normalized spacial score (nSPS) is 8.91. The maximum Gasteiger partial charge on any atom is 0.331 e. The summed E-state index contributed by atoms with van der Waals surface area (Å²) < 4.78 is 0. The van der Waals surface area contributed by atoms with E-state index in [1.54, 1.807) is 6.92 Å². The molecule has 64 valence electrons. The number of urea groups is 1. The highest BCUT2D eigenvalue weighted by atomic mass is 16.2. The summed E-state index contributed by atoms with van der Waals surface area (Å²) in [5, 5.41) is 0. The van der Waals surface area contributed by atoms with E-state index in [1.165, 1.54) is 4.90 Å². The van der Waals surface area contributed by atoms with Crippen molar-refractivity contribution < 1.29 is 9.59 Å². The molecule has 0 bridgehead atoms. The number of rotatable bonds is 3. The first kappa shape index (κ1) is 9.70. The van der Waals surface area contributed by atoms with Crippen molar-refractivity contribution in [3.05, 3.63) is 0 Å². The third kappa shape index (κ3) is 3.41. The first-order valence-corrected chi connectivity index (χ1v) is 3.15. The Labute approximate surface area is 64.5 Å². The Morgan fingerprint density at radius 2 is 2.09 bits per heavy atom. The number of nitrogens with zero attached hydrogens (tertiary/aromatic N) is 1. The van der Waals surface area contributed by atoms with E-state index in [-0.39, 0.29) is 6.54 Å². The molecule has 0 aromatic carbocycles. The van der Waals surface area contributed by atoms with Crippen molar-refractivity contribution in [3.63, 3.8) is 0 Å². The summed E-state index contributed by atoms with van der Waals surface area (Å²) in [6.07, 6.45) is 0. The summed E-state index contributed by atoms with van der Waals surface area (Å²) in [4.78, 5) is 22.3. The van der Waals surface area contributed by atoms with Gasteiger partial charge in [-0.3, -0.25) is 10.2 Å². The van der Waals surface area contributed by atoms with Crippen LogP contribution in [0.5, 0.6) is 0 Å². The molecule has 0 aliphatic carbocycles. The van der Waals surface area contributed by atoms with Crippen LogP contribution in [0.25, 0.3) is 0 Å². The number of hydrazine groups is 1. The van der Waals surface area contributed by atoms with Gasteiger partial charge in [-0.05, 0) is 6.92 Å². The molecule has 0 fully saturated rings. The molecule has 0 spiro atoms. The number of hydrogen-bond acceptors (Lipinski definition) is 3. The Morgan fingerprint density at radius 3 is 2.36 bits per heavy atom. The van der Waals surface area contributed by atoms with Gasteiger partial charge >= 0.3 is 6.03 Å². The maximum atomic E-state index is 10.8. The lowest BCUT2D eigenvalue weighted by Gasteiger charge is -2.17. The number of carbonyl (C=O) groups is 2. The molecule has 6 heteroatoms. The second kappa shape index (κ2) is 4.51. The summed E-state index contributed by atoms with van der Waals surface area (Å²) >= 11 is 0. The van der Waals surface area contributed by atoms with Crippen LogP contribution in [-0.2, 0) is 4.79 Å². The summed E-state index contributed by atoms with van der Waals surface area (Å²) in [5.41, 5.74) is 6.76. The summed E-state index contributed by atoms with van der Waals surface area (Å²) in [6, 6.07) is -0.508. The number of likely N-dealkylation sites (N-methyl/N-ethyl adjacent to an activating group) is 1. The van der Waals surface area contributed by atoms with Gasteiger partial charge in [-0.1, -0.05) is 0 Å². The van der Waals surface area contributed by atoms with Gasteiger partial charge < -0.3 is 10.6 Å². The molecule has 0 aromatic rings. The first-order valence-electron chi connectivity index (χ1n) is 3.15.